The second-order valence-electron chi connectivity index (χ2n) is 6.62. The summed E-state index contributed by atoms with van der Waals surface area (Å²) >= 11 is 6.06. The van der Waals surface area contributed by atoms with E-state index < -0.39 is 24.3 Å². The van der Waals surface area contributed by atoms with Gasteiger partial charge in [0.1, 0.15) is 22.8 Å². The highest BCUT2D eigenvalue weighted by atomic mass is 35.5. The zero-order valence-corrected chi connectivity index (χ0v) is 17.3. The molecule has 7 nitrogen and oxygen atoms in total. The Morgan fingerprint density at radius 1 is 1.20 bits per heavy atom. The molecule has 0 aliphatic carbocycles. The smallest absolute Gasteiger partial charge is 0.344 e. The van der Waals surface area contributed by atoms with Crippen molar-refractivity contribution in [2.45, 2.75) is 6.92 Å². The predicted molar refractivity (Wildman–Crippen MR) is 111 cm³/mol. The number of hydrogen-bond donors (Lipinski definition) is 1. The summed E-state index contributed by atoms with van der Waals surface area (Å²) in [6, 6.07) is 11.2. The van der Waals surface area contributed by atoms with Gasteiger partial charge in [-0.05, 0) is 43.3 Å². The molecule has 0 saturated heterocycles. The van der Waals surface area contributed by atoms with E-state index in [1.807, 2.05) is 31.1 Å². The van der Waals surface area contributed by atoms with Crippen molar-refractivity contribution in [2.75, 3.05) is 30.9 Å². The number of nitrogens with zero attached hydrogens (tertiary/aromatic N) is 2. The van der Waals surface area contributed by atoms with Crippen molar-refractivity contribution < 1.29 is 23.2 Å². The van der Waals surface area contributed by atoms with Crippen molar-refractivity contribution in [1.82, 2.24) is 5.16 Å². The van der Waals surface area contributed by atoms with E-state index in [0.29, 0.717) is 5.69 Å². The summed E-state index contributed by atoms with van der Waals surface area (Å²) in [7, 11) is 3.81. The second kappa shape index (κ2) is 8.96. The molecule has 0 atom stereocenters. The Labute approximate surface area is 177 Å². The average molecular weight is 432 g/mol. The molecule has 0 unspecified atom stereocenters. The van der Waals surface area contributed by atoms with Crippen LogP contribution in [0.2, 0.25) is 5.02 Å². The topological polar surface area (TPSA) is 84.7 Å². The number of halogens is 2. The third kappa shape index (κ3) is 4.60. The molecule has 3 rings (SSSR count). The Morgan fingerprint density at radius 3 is 2.53 bits per heavy atom. The van der Waals surface area contributed by atoms with E-state index in [2.05, 4.69) is 10.5 Å². The number of carbonyl (C=O) groups is 2. The van der Waals surface area contributed by atoms with Crippen LogP contribution in [-0.2, 0) is 9.53 Å². The molecule has 156 valence electrons. The van der Waals surface area contributed by atoms with E-state index in [-0.39, 0.29) is 27.6 Å². The molecule has 1 heterocycles. The van der Waals surface area contributed by atoms with Crippen LogP contribution >= 0.6 is 11.6 Å². The molecule has 30 heavy (non-hydrogen) atoms. The molecule has 1 amide bonds. The van der Waals surface area contributed by atoms with Crippen molar-refractivity contribution in [1.29, 1.82) is 0 Å². The summed E-state index contributed by atoms with van der Waals surface area (Å²) in [5.74, 6) is -1.94. The highest BCUT2D eigenvalue weighted by molar-refractivity contribution is 6.33. The maximum Gasteiger partial charge on any atom is 0.344 e. The van der Waals surface area contributed by atoms with Crippen LogP contribution in [0.3, 0.4) is 0 Å². The number of aryl methyl sites for hydroxylation is 1. The predicted octanol–water partition coefficient (Wildman–Crippen LogP) is 4.30. The molecule has 0 spiro atoms. The number of aromatic nitrogens is 1. The van der Waals surface area contributed by atoms with Gasteiger partial charge in [-0.15, -0.1) is 0 Å². The van der Waals surface area contributed by atoms with Gasteiger partial charge >= 0.3 is 5.97 Å². The van der Waals surface area contributed by atoms with Crippen molar-refractivity contribution in [3.8, 4) is 11.3 Å². The van der Waals surface area contributed by atoms with Gasteiger partial charge in [0.25, 0.3) is 5.91 Å². The molecule has 3 aromatic rings. The minimum Gasteiger partial charge on any atom is -0.452 e. The molecular weight excluding hydrogens is 413 g/mol. The Kier molecular flexibility index (Phi) is 6.37. The van der Waals surface area contributed by atoms with Crippen LogP contribution in [0, 0.1) is 12.7 Å². The fourth-order valence-electron chi connectivity index (χ4n) is 2.75. The number of anilines is 2. The highest BCUT2D eigenvalue weighted by Gasteiger charge is 2.27. The van der Waals surface area contributed by atoms with Gasteiger partial charge in [0, 0.05) is 25.5 Å². The lowest BCUT2D eigenvalue weighted by atomic mass is 10.1. The number of hydrogen-bond acceptors (Lipinski definition) is 6. The number of amides is 1. The fourth-order valence-corrected chi connectivity index (χ4v) is 3.00. The zero-order chi connectivity index (χ0) is 21.8. The Balaban J connectivity index is 1.70. The number of rotatable bonds is 6. The second-order valence-corrected chi connectivity index (χ2v) is 7.03. The van der Waals surface area contributed by atoms with Crippen molar-refractivity contribution in [3.63, 3.8) is 0 Å². The van der Waals surface area contributed by atoms with Crippen LogP contribution in [-0.4, -0.2) is 37.7 Å². The van der Waals surface area contributed by atoms with Gasteiger partial charge in [0.05, 0.1) is 10.6 Å². The molecule has 0 fully saturated rings. The Hall–Kier alpha value is -3.39. The lowest BCUT2D eigenvalue weighted by Gasteiger charge is -2.13. The Morgan fingerprint density at radius 2 is 1.90 bits per heavy atom. The standard InChI is InChI=1S/C21H19ClFN3O4/c1-12-18(20(25-30-12)19-15(22)5-4-6-16(19)23)21(28)29-11-17(27)24-13-7-9-14(10-8-13)26(2)3/h4-10H,11H2,1-3H3,(H,24,27). The van der Waals surface area contributed by atoms with Crippen molar-refractivity contribution in [3.05, 3.63) is 64.6 Å². The molecular formula is C21H19ClFN3O4. The van der Waals surface area contributed by atoms with E-state index in [0.717, 1.165) is 5.69 Å². The molecule has 0 saturated carbocycles. The Bertz CT molecular complexity index is 1060. The third-order valence-electron chi connectivity index (χ3n) is 4.27. The number of esters is 1. The first-order chi connectivity index (χ1) is 14.3. The molecule has 1 aromatic heterocycles. The fraction of sp³-hybridized carbons (Fsp3) is 0.190. The van der Waals surface area contributed by atoms with Crippen LogP contribution < -0.4 is 10.2 Å². The van der Waals surface area contributed by atoms with Gasteiger partial charge in [0.2, 0.25) is 0 Å². The summed E-state index contributed by atoms with van der Waals surface area (Å²) in [6.07, 6.45) is 0. The zero-order valence-electron chi connectivity index (χ0n) is 16.5. The monoisotopic (exact) mass is 431 g/mol. The molecule has 0 aliphatic heterocycles. The summed E-state index contributed by atoms with van der Waals surface area (Å²) in [6.45, 7) is 0.942. The van der Waals surface area contributed by atoms with E-state index in [9.17, 15) is 14.0 Å². The molecule has 2 aromatic carbocycles. The van der Waals surface area contributed by atoms with Gasteiger partial charge in [-0.1, -0.05) is 22.8 Å². The summed E-state index contributed by atoms with van der Waals surface area (Å²) in [5, 5.41) is 6.44. The minimum atomic E-state index is -0.874. The number of benzene rings is 2. The minimum absolute atomic E-state index is 0.0660. The van der Waals surface area contributed by atoms with Crippen LogP contribution in [0.15, 0.2) is 47.0 Å². The number of nitrogens with one attached hydrogen (secondary N) is 1. The first-order valence-electron chi connectivity index (χ1n) is 8.93. The maximum absolute atomic E-state index is 14.2. The number of ether oxygens (including phenoxy) is 1. The lowest BCUT2D eigenvalue weighted by molar-refractivity contribution is -0.119. The molecule has 9 heteroatoms. The van der Waals surface area contributed by atoms with E-state index in [1.165, 1.54) is 25.1 Å². The third-order valence-corrected chi connectivity index (χ3v) is 4.58. The van der Waals surface area contributed by atoms with E-state index in [1.54, 1.807) is 12.1 Å². The summed E-state index contributed by atoms with van der Waals surface area (Å²) < 4.78 is 24.4. The van der Waals surface area contributed by atoms with Crippen molar-refractivity contribution >= 4 is 34.9 Å². The lowest BCUT2D eigenvalue weighted by Crippen LogP contribution is -2.21. The van der Waals surface area contributed by atoms with E-state index in [4.69, 9.17) is 20.9 Å². The number of carbonyl (C=O) groups excluding carboxylic acids is 2. The average Bonchev–Trinajstić information content (AvgIpc) is 3.07. The molecule has 0 bridgehead atoms. The normalized spacial score (nSPS) is 10.6. The SMILES string of the molecule is Cc1onc(-c2c(F)cccc2Cl)c1C(=O)OCC(=O)Nc1ccc(N(C)C)cc1. The van der Waals surface area contributed by atoms with Crippen LogP contribution in [0.25, 0.3) is 11.3 Å². The van der Waals surface area contributed by atoms with Gasteiger partial charge in [0.15, 0.2) is 6.61 Å². The van der Waals surface area contributed by atoms with Crippen molar-refractivity contribution in [2.24, 2.45) is 0 Å². The van der Waals surface area contributed by atoms with Gasteiger partial charge in [-0.25, -0.2) is 9.18 Å². The van der Waals surface area contributed by atoms with Crippen LogP contribution in [0.1, 0.15) is 16.1 Å². The maximum atomic E-state index is 14.2. The summed E-state index contributed by atoms with van der Waals surface area (Å²) in [5.41, 5.74) is 1.28. The first-order valence-corrected chi connectivity index (χ1v) is 9.30. The van der Waals surface area contributed by atoms with Crippen LogP contribution in [0.5, 0.6) is 0 Å². The highest BCUT2D eigenvalue weighted by Crippen LogP contribution is 2.33. The quantitative estimate of drug-likeness (QED) is 0.585. The largest absolute Gasteiger partial charge is 0.452 e. The first kappa shape index (κ1) is 21.3. The molecule has 1 N–H and O–H groups in total. The molecule has 0 radical (unpaired) electrons. The molecule has 0 aliphatic rings. The van der Waals surface area contributed by atoms with Gasteiger partial charge in [-0.3, -0.25) is 4.79 Å². The van der Waals surface area contributed by atoms with Gasteiger partial charge in [-0.2, -0.15) is 0 Å². The van der Waals surface area contributed by atoms with Gasteiger partial charge < -0.3 is 19.5 Å². The summed E-state index contributed by atoms with van der Waals surface area (Å²) in [4.78, 5) is 26.6. The van der Waals surface area contributed by atoms with E-state index >= 15 is 0 Å². The van der Waals surface area contributed by atoms with Crippen LogP contribution in [0.4, 0.5) is 15.8 Å².